The summed E-state index contributed by atoms with van der Waals surface area (Å²) >= 11 is 0. The Morgan fingerprint density at radius 2 is 1.89 bits per heavy atom. The van der Waals surface area contributed by atoms with Crippen molar-refractivity contribution in [3.05, 3.63) is 88.1 Å². The molecule has 0 amide bonds. The van der Waals surface area contributed by atoms with Gasteiger partial charge >= 0.3 is 0 Å². The maximum atomic E-state index is 12.1. The van der Waals surface area contributed by atoms with Gasteiger partial charge in [-0.05, 0) is 35.2 Å². The van der Waals surface area contributed by atoms with Crippen LogP contribution in [0.25, 0.3) is 22.2 Å². The lowest BCUT2D eigenvalue weighted by Crippen LogP contribution is -2.06. The molecule has 1 N–H and O–H groups in total. The van der Waals surface area contributed by atoms with Gasteiger partial charge < -0.3 is 9.55 Å². The molecule has 0 bridgehead atoms. The Kier molecular flexibility index (Phi) is 4.77. The van der Waals surface area contributed by atoms with E-state index in [-0.39, 0.29) is 5.56 Å². The van der Waals surface area contributed by atoms with Crippen LogP contribution in [-0.4, -0.2) is 14.5 Å². The number of imidazole rings is 1. The van der Waals surface area contributed by atoms with E-state index in [1.807, 2.05) is 42.5 Å². The third-order valence-corrected chi connectivity index (χ3v) is 4.88. The molecule has 0 spiro atoms. The minimum absolute atomic E-state index is 0.155. The molecule has 0 radical (unpaired) electrons. The van der Waals surface area contributed by atoms with Crippen LogP contribution in [0, 0.1) is 11.3 Å². The molecule has 138 valence electrons. The summed E-state index contributed by atoms with van der Waals surface area (Å²) in [6.07, 6.45) is 3.45. The number of nitrogens with one attached hydrogen (secondary N) is 1. The van der Waals surface area contributed by atoms with E-state index in [4.69, 9.17) is 0 Å². The average molecular weight is 368 g/mol. The zero-order chi connectivity index (χ0) is 19.5. The van der Waals surface area contributed by atoms with Crippen LogP contribution in [0.3, 0.4) is 0 Å². The van der Waals surface area contributed by atoms with Gasteiger partial charge in [0.25, 0.3) is 5.56 Å². The summed E-state index contributed by atoms with van der Waals surface area (Å²) in [5, 5.41) is 9.32. The van der Waals surface area contributed by atoms with Crippen molar-refractivity contribution < 1.29 is 0 Å². The van der Waals surface area contributed by atoms with Crippen molar-refractivity contribution in [3.63, 3.8) is 0 Å². The lowest BCUT2D eigenvalue weighted by atomic mass is 9.99. The van der Waals surface area contributed by atoms with E-state index in [0.29, 0.717) is 17.6 Å². The molecule has 0 fully saturated rings. The van der Waals surface area contributed by atoms with Crippen molar-refractivity contribution in [2.75, 3.05) is 0 Å². The Hall–Kier alpha value is -3.65. The number of hydrogen-bond acceptors (Lipinski definition) is 3. The van der Waals surface area contributed by atoms with Crippen LogP contribution in [0.4, 0.5) is 0 Å². The Bertz CT molecular complexity index is 1230. The fourth-order valence-electron chi connectivity index (χ4n) is 3.51. The van der Waals surface area contributed by atoms with Gasteiger partial charge in [0.2, 0.25) is 0 Å². The highest BCUT2D eigenvalue weighted by atomic mass is 16.1. The Labute approximate surface area is 162 Å². The topological polar surface area (TPSA) is 74.5 Å². The highest BCUT2D eigenvalue weighted by molar-refractivity contribution is 5.75. The maximum Gasteiger partial charge on any atom is 0.276 e. The van der Waals surface area contributed by atoms with Gasteiger partial charge in [0, 0.05) is 19.2 Å². The first-order chi connectivity index (χ1) is 13.7. The highest BCUT2D eigenvalue weighted by Crippen LogP contribution is 2.24. The molecular formula is C23H20N4O. The molecule has 4 rings (SSSR count). The Morgan fingerprint density at radius 3 is 2.64 bits per heavy atom. The van der Waals surface area contributed by atoms with E-state index >= 15 is 0 Å². The van der Waals surface area contributed by atoms with E-state index in [1.54, 1.807) is 6.20 Å². The molecular weight excluding hydrogens is 348 g/mol. The third kappa shape index (κ3) is 3.21. The number of aryl methyl sites for hydroxylation is 1. The van der Waals surface area contributed by atoms with Crippen LogP contribution in [0.1, 0.15) is 30.3 Å². The van der Waals surface area contributed by atoms with Gasteiger partial charge in [-0.2, -0.15) is 5.26 Å². The smallest absolute Gasteiger partial charge is 0.276 e. The second-order valence-corrected chi connectivity index (χ2v) is 6.76. The number of rotatable bonds is 5. The summed E-state index contributed by atoms with van der Waals surface area (Å²) < 4.78 is 2.12. The third-order valence-electron chi connectivity index (χ3n) is 4.88. The minimum Gasteiger partial charge on any atom is -0.327 e. The highest BCUT2D eigenvalue weighted by Gasteiger charge is 2.13. The van der Waals surface area contributed by atoms with E-state index in [9.17, 15) is 10.1 Å². The molecule has 0 aliphatic heterocycles. The summed E-state index contributed by atoms with van der Waals surface area (Å²) in [5.74, 6) is 0.924. The fourth-order valence-corrected chi connectivity index (χ4v) is 3.51. The van der Waals surface area contributed by atoms with E-state index in [0.717, 1.165) is 40.9 Å². The molecule has 0 unspecified atom stereocenters. The summed E-state index contributed by atoms with van der Waals surface area (Å²) in [6, 6.07) is 20.0. The van der Waals surface area contributed by atoms with Crippen LogP contribution in [-0.2, 0) is 13.0 Å². The number of fused-ring (bicyclic) bond motifs is 1. The molecule has 5 nitrogen and oxygen atoms in total. The van der Waals surface area contributed by atoms with Gasteiger partial charge in [0.15, 0.2) is 5.52 Å². The normalized spacial score (nSPS) is 10.9. The molecule has 0 atom stereocenters. The molecule has 2 aromatic heterocycles. The zero-order valence-corrected chi connectivity index (χ0v) is 15.6. The van der Waals surface area contributed by atoms with Gasteiger partial charge in [-0.1, -0.05) is 49.4 Å². The van der Waals surface area contributed by atoms with Crippen molar-refractivity contribution in [2.24, 2.45) is 0 Å². The van der Waals surface area contributed by atoms with Gasteiger partial charge in [-0.15, -0.1) is 0 Å². The molecule has 0 saturated heterocycles. The van der Waals surface area contributed by atoms with Gasteiger partial charge in [0.1, 0.15) is 5.82 Å². The molecule has 0 aliphatic rings. The zero-order valence-electron chi connectivity index (χ0n) is 15.6. The standard InChI is InChI=1S/C23H20N4O/c1-2-5-21-26-22-20(12-13-25-23(22)28)27(21)15-16-8-10-17(11-9-16)19-7-4-3-6-18(19)14-24/h3-4,6-13H,2,5,15H2,1H3,(H,25,28). The first-order valence-corrected chi connectivity index (χ1v) is 9.36. The van der Waals surface area contributed by atoms with Crippen molar-refractivity contribution in [1.82, 2.24) is 14.5 Å². The molecule has 2 aromatic carbocycles. The van der Waals surface area contributed by atoms with Crippen molar-refractivity contribution >= 4 is 11.0 Å². The van der Waals surface area contributed by atoms with E-state index < -0.39 is 0 Å². The molecule has 28 heavy (non-hydrogen) atoms. The summed E-state index contributed by atoms with van der Waals surface area (Å²) in [6.45, 7) is 2.75. The van der Waals surface area contributed by atoms with Gasteiger partial charge in [0.05, 0.1) is 17.1 Å². The van der Waals surface area contributed by atoms with Crippen molar-refractivity contribution in [2.45, 2.75) is 26.3 Å². The minimum atomic E-state index is -0.155. The van der Waals surface area contributed by atoms with Crippen LogP contribution >= 0.6 is 0 Å². The fraction of sp³-hybridized carbons (Fsp3) is 0.174. The lowest BCUT2D eigenvalue weighted by molar-refractivity contribution is 0.722. The van der Waals surface area contributed by atoms with Gasteiger partial charge in [-0.3, -0.25) is 4.79 Å². The largest absolute Gasteiger partial charge is 0.327 e. The number of nitriles is 1. The predicted molar refractivity (Wildman–Crippen MR) is 110 cm³/mol. The molecule has 4 aromatic rings. The first kappa shape index (κ1) is 17.7. The van der Waals surface area contributed by atoms with Crippen molar-refractivity contribution in [3.8, 4) is 17.2 Å². The van der Waals surface area contributed by atoms with Crippen LogP contribution in [0.5, 0.6) is 0 Å². The number of pyridine rings is 1. The average Bonchev–Trinajstić information content (AvgIpc) is 3.07. The number of aromatic amines is 1. The summed E-state index contributed by atoms with van der Waals surface area (Å²) in [7, 11) is 0. The number of hydrogen-bond donors (Lipinski definition) is 1. The lowest BCUT2D eigenvalue weighted by Gasteiger charge is -2.10. The maximum absolute atomic E-state index is 12.1. The Balaban J connectivity index is 1.71. The number of nitrogens with zero attached hydrogens (tertiary/aromatic N) is 3. The van der Waals surface area contributed by atoms with Crippen LogP contribution in [0.2, 0.25) is 0 Å². The summed E-state index contributed by atoms with van der Waals surface area (Å²) in [4.78, 5) is 19.4. The van der Waals surface area contributed by atoms with Gasteiger partial charge in [-0.25, -0.2) is 4.98 Å². The number of aromatic nitrogens is 3. The van der Waals surface area contributed by atoms with Crippen molar-refractivity contribution in [1.29, 1.82) is 5.26 Å². The number of benzene rings is 2. The quantitative estimate of drug-likeness (QED) is 0.572. The van der Waals surface area contributed by atoms with E-state index in [1.165, 1.54) is 0 Å². The second-order valence-electron chi connectivity index (χ2n) is 6.76. The Morgan fingerprint density at radius 1 is 1.11 bits per heavy atom. The number of H-pyrrole nitrogens is 1. The molecule has 0 aliphatic carbocycles. The van der Waals surface area contributed by atoms with Crippen LogP contribution in [0.15, 0.2) is 65.6 Å². The molecule has 0 saturated carbocycles. The first-order valence-electron chi connectivity index (χ1n) is 9.36. The monoisotopic (exact) mass is 368 g/mol. The van der Waals surface area contributed by atoms with E-state index in [2.05, 4.69) is 39.7 Å². The molecule has 5 heteroatoms. The van der Waals surface area contributed by atoms with Crippen LogP contribution < -0.4 is 5.56 Å². The summed E-state index contributed by atoms with van der Waals surface area (Å²) in [5.41, 5.74) is 4.92. The second kappa shape index (κ2) is 7.53. The predicted octanol–water partition coefficient (Wildman–Crippen LogP) is 4.26. The SMILES string of the molecule is CCCc1nc2c(=O)[nH]ccc2n1Cc1ccc(-c2ccccc2C#N)cc1. The molecule has 2 heterocycles.